The molecule has 1 saturated heterocycles. The summed E-state index contributed by atoms with van der Waals surface area (Å²) >= 11 is 0. The van der Waals surface area contributed by atoms with Crippen LogP contribution in [-0.2, 0) is 0 Å². The Bertz CT molecular complexity index is 733. The molecule has 0 saturated carbocycles. The largest absolute Gasteiger partial charge is 0.372 e. The molecule has 0 spiro atoms. The molecule has 2 heterocycles. The van der Waals surface area contributed by atoms with Crippen LogP contribution in [0.3, 0.4) is 0 Å². The van der Waals surface area contributed by atoms with E-state index in [9.17, 15) is 0 Å². The van der Waals surface area contributed by atoms with Gasteiger partial charge in [0.15, 0.2) is 0 Å². The van der Waals surface area contributed by atoms with Crippen molar-refractivity contribution in [3.8, 4) is 0 Å². The summed E-state index contributed by atoms with van der Waals surface area (Å²) in [7, 11) is 0. The molecule has 2 aromatic rings. The Morgan fingerprint density at radius 3 is 2.38 bits per heavy atom. The first kappa shape index (κ1) is 18.5. The zero-order valence-electron chi connectivity index (χ0n) is 16.5. The number of nitrogens with zero attached hydrogens (tertiary/aromatic N) is 4. The number of hydrogen-bond donors (Lipinski definition) is 1. The Morgan fingerprint density at radius 1 is 1.00 bits per heavy atom. The smallest absolute Gasteiger partial charge is 0.136 e. The van der Waals surface area contributed by atoms with E-state index in [2.05, 4.69) is 70.1 Å². The Balaban J connectivity index is 1.81. The van der Waals surface area contributed by atoms with Crippen LogP contribution in [0.4, 0.5) is 23.0 Å². The van der Waals surface area contributed by atoms with Crippen LogP contribution in [0.2, 0.25) is 0 Å². The van der Waals surface area contributed by atoms with Crippen molar-refractivity contribution in [3.05, 3.63) is 35.7 Å². The highest BCUT2D eigenvalue weighted by molar-refractivity contribution is 5.66. The van der Waals surface area contributed by atoms with Crippen LogP contribution in [0.15, 0.2) is 24.3 Å². The van der Waals surface area contributed by atoms with E-state index in [1.54, 1.807) is 0 Å². The molecular weight excluding hydrogens is 322 g/mol. The minimum Gasteiger partial charge on any atom is -0.372 e. The number of benzene rings is 1. The molecule has 0 unspecified atom stereocenters. The number of aromatic nitrogens is 2. The molecule has 5 nitrogen and oxygen atoms in total. The predicted molar refractivity (Wildman–Crippen MR) is 111 cm³/mol. The topological polar surface area (TPSA) is 44.3 Å². The van der Waals surface area contributed by atoms with Crippen molar-refractivity contribution >= 4 is 23.0 Å². The molecule has 1 aliphatic heterocycles. The minimum atomic E-state index is 0.813. The van der Waals surface area contributed by atoms with Crippen LogP contribution in [0, 0.1) is 13.8 Å². The molecule has 1 fully saturated rings. The molecule has 0 bridgehead atoms. The second-order valence-electron chi connectivity index (χ2n) is 7.00. The summed E-state index contributed by atoms with van der Waals surface area (Å²) in [5.41, 5.74) is 3.60. The molecule has 0 amide bonds. The van der Waals surface area contributed by atoms with Gasteiger partial charge in [0.05, 0.1) is 0 Å². The van der Waals surface area contributed by atoms with Crippen molar-refractivity contribution in [2.24, 2.45) is 0 Å². The lowest BCUT2D eigenvalue weighted by atomic mass is 10.1. The molecule has 1 aromatic heterocycles. The van der Waals surface area contributed by atoms with Crippen LogP contribution in [0.25, 0.3) is 0 Å². The quantitative estimate of drug-likeness (QED) is 0.817. The number of anilines is 4. The van der Waals surface area contributed by atoms with Gasteiger partial charge in [-0.05, 0) is 70.7 Å². The van der Waals surface area contributed by atoms with E-state index < -0.39 is 0 Å². The van der Waals surface area contributed by atoms with Gasteiger partial charge in [0, 0.05) is 43.6 Å². The first-order chi connectivity index (χ1) is 12.6. The lowest BCUT2D eigenvalue weighted by Gasteiger charge is -2.28. The Hall–Kier alpha value is -2.30. The highest BCUT2D eigenvalue weighted by atomic mass is 15.2. The first-order valence-corrected chi connectivity index (χ1v) is 9.84. The second-order valence-corrected chi connectivity index (χ2v) is 7.00. The van der Waals surface area contributed by atoms with Gasteiger partial charge in [-0.15, -0.1) is 0 Å². The molecule has 1 aliphatic rings. The minimum absolute atomic E-state index is 0.813. The third kappa shape index (κ3) is 4.26. The summed E-state index contributed by atoms with van der Waals surface area (Å²) in [5, 5.41) is 3.50. The molecule has 1 aromatic carbocycles. The van der Waals surface area contributed by atoms with Crippen molar-refractivity contribution in [1.82, 2.24) is 9.97 Å². The fourth-order valence-electron chi connectivity index (χ4n) is 3.61. The van der Waals surface area contributed by atoms with Gasteiger partial charge in [0.1, 0.15) is 17.5 Å². The lowest BCUT2D eigenvalue weighted by molar-refractivity contribution is 0.572. The van der Waals surface area contributed by atoms with Gasteiger partial charge in [-0.25, -0.2) is 9.97 Å². The molecule has 140 valence electrons. The van der Waals surface area contributed by atoms with Crippen LogP contribution in [0.5, 0.6) is 0 Å². The van der Waals surface area contributed by atoms with Gasteiger partial charge in [-0.3, -0.25) is 0 Å². The van der Waals surface area contributed by atoms with Crippen LogP contribution < -0.4 is 15.1 Å². The maximum atomic E-state index is 4.65. The molecule has 3 rings (SSSR count). The fraction of sp³-hybridized carbons (Fsp3) is 0.524. The first-order valence-electron chi connectivity index (χ1n) is 9.84. The molecule has 5 heteroatoms. The predicted octanol–water partition coefficient (Wildman–Crippen LogP) is 4.67. The summed E-state index contributed by atoms with van der Waals surface area (Å²) in [6.45, 7) is 12.7. The monoisotopic (exact) mass is 353 g/mol. The Morgan fingerprint density at radius 2 is 1.73 bits per heavy atom. The van der Waals surface area contributed by atoms with Gasteiger partial charge in [0.2, 0.25) is 0 Å². The number of rotatable bonds is 6. The summed E-state index contributed by atoms with van der Waals surface area (Å²) in [6, 6.07) is 8.66. The Labute approximate surface area is 157 Å². The van der Waals surface area contributed by atoms with E-state index in [4.69, 9.17) is 0 Å². The highest BCUT2D eigenvalue weighted by Gasteiger charge is 2.14. The average Bonchev–Trinajstić information content (AvgIpc) is 2.65. The number of nitrogens with one attached hydrogen (secondary N) is 1. The highest BCUT2D eigenvalue weighted by Crippen LogP contribution is 2.27. The standard InChI is InChI=1S/C21H31N5/c1-5-25(6-2)18-10-11-19(16(3)14-18)24-20-15-21(23-17(4)22-20)26-12-8-7-9-13-26/h10-11,14-15H,5-9,12-13H2,1-4H3,(H,22,23,24). The zero-order valence-corrected chi connectivity index (χ0v) is 16.5. The lowest BCUT2D eigenvalue weighted by Crippen LogP contribution is -2.30. The molecule has 0 aliphatic carbocycles. The van der Waals surface area contributed by atoms with Crippen molar-refractivity contribution in [2.75, 3.05) is 41.3 Å². The van der Waals surface area contributed by atoms with Crippen LogP contribution in [0.1, 0.15) is 44.5 Å². The summed E-state index contributed by atoms with van der Waals surface area (Å²) < 4.78 is 0. The SMILES string of the molecule is CCN(CC)c1ccc(Nc2cc(N3CCCCC3)nc(C)n2)c(C)c1. The Kier molecular flexibility index (Phi) is 5.96. The van der Waals surface area contributed by atoms with Gasteiger partial charge in [-0.1, -0.05) is 0 Å². The third-order valence-electron chi connectivity index (χ3n) is 5.11. The summed E-state index contributed by atoms with van der Waals surface area (Å²) in [5.74, 6) is 2.72. The fourth-order valence-corrected chi connectivity index (χ4v) is 3.61. The molecule has 1 N–H and O–H groups in total. The van der Waals surface area contributed by atoms with Crippen LogP contribution >= 0.6 is 0 Å². The summed E-state index contributed by atoms with van der Waals surface area (Å²) in [6.07, 6.45) is 3.82. The van der Waals surface area contributed by atoms with E-state index in [-0.39, 0.29) is 0 Å². The van der Waals surface area contributed by atoms with Crippen molar-refractivity contribution < 1.29 is 0 Å². The van der Waals surface area contributed by atoms with Gasteiger partial charge >= 0.3 is 0 Å². The van der Waals surface area contributed by atoms with Crippen molar-refractivity contribution in [2.45, 2.75) is 47.0 Å². The van der Waals surface area contributed by atoms with Crippen LogP contribution in [-0.4, -0.2) is 36.1 Å². The van der Waals surface area contributed by atoms with Gasteiger partial charge in [0.25, 0.3) is 0 Å². The number of aryl methyl sites for hydroxylation is 2. The van der Waals surface area contributed by atoms with Crippen molar-refractivity contribution in [1.29, 1.82) is 0 Å². The van der Waals surface area contributed by atoms with E-state index in [0.717, 1.165) is 49.3 Å². The maximum Gasteiger partial charge on any atom is 0.136 e. The maximum absolute atomic E-state index is 4.65. The average molecular weight is 354 g/mol. The van der Waals surface area contributed by atoms with Gasteiger partial charge < -0.3 is 15.1 Å². The van der Waals surface area contributed by atoms with Crippen molar-refractivity contribution in [3.63, 3.8) is 0 Å². The normalized spacial score (nSPS) is 14.4. The van der Waals surface area contributed by atoms with E-state index in [1.807, 2.05) is 6.92 Å². The van der Waals surface area contributed by atoms with Gasteiger partial charge in [-0.2, -0.15) is 0 Å². The second kappa shape index (κ2) is 8.39. The van der Waals surface area contributed by atoms with E-state index in [1.165, 1.54) is 30.5 Å². The molecular formula is C21H31N5. The third-order valence-corrected chi connectivity index (χ3v) is 5.11. The van der Waals surface area contributed by atoms with E-state index >= 15 is 0 Å². The molecule has 0 atom stereocenters. The number of piperidine rings is 1. The molecule has 0 radical (unpaired) electrons. The zero-order chi connectivity index (χ0) is 18.5. The molecule has 26 heavy (non-hydrogen) atoms. The van der Waals surface area contributed by atoms with E-state index in [0.29, 0.717) is 0 Å². The number of hydrogen-bond acceptors (Lipinski definition) is 5. The summed E-state index contributed by atoms with van der Waals surface area (Å²) in [4.78, 5) is 14.0.